The van der Waals surface area contributed by atoms with Crippen molar-refractivity contribution in [2.24, 2.45) is 0 Å². The van der Waals surface area contributed by atoms with Gasteiger partial charge in [-0.1, -0.05) is 42.7 Å². The number of carboxylic acids is 1. The van der Waals surface area contributed by atoms with E-state index in [1.165, 1.54) is 12.8 Å². The van der Waals surface area contributed by atoms with Gasteiger partial charge >= 0.3 is 5.97 Å². The summed E-state index contributed by atoms with van der Waals surface area (Å²) in [6, 6.07) is 7.51. The average Bonchev–Trinajstić information content (AvgIpc) is 2.90. The molecule has 110 valence electrons. The minimum Gasteiger partial charge on any atom is -0.481 e. The standard InChI is InChI=1S/C16H23NO3/c1-11-6-8-12(9-7-11)16(20)14(10-15(18)19)17-13-4-2-3-5-13/h6-9,13-14,16-17,20H,2-5,10H2,1H3,(H,18,19). The van der Waals surface area contributed by atoms with Crippen LogP contribution in [0.15, 0.2) is 24.3 Å². The van der Waals surface area contributed by atoms with Gasteiger partial charge in [-0.25, -0.2) is 0 Å². The van der Waals surface area contributed by atoms with Crippen LogP contribution in [0.25, 0.3) is 0 Å². The van der Waals surface area contributed by atoms with Gasteiger partial charge < -0.3 is 15.5 Å². The van der Waals surface area contributed by atoms with Gasteiger partial charge in [0, 0.05) is 12.1 Å². The van der Waals surface area contributed by atoms with Crippen molar-refractivity contribution in [3.63, 3.8) is 0 Å². The highest BCUT2D eigenvalue weighted by Gasteiger charge is 2.27. The summed E-state index contributed by atoms with van der Waals surface area (Å²) in [5, 5.41) is 22.8. The summed E-state index contributed by atoms with van der Waals surface area (Å²) >= 11 is 0. The summed E-state index contributed by atoms with van der Waals surface area (Å²) < 4.78 is 0. The summed E-state index contributed by atoms with van der Waals surface area (Å²) in [6.45, 7) is 1.99. The van der Waals surface area contributed by atoms with E-state index in [2.05, 4.69) is 5.32 Å². The lowest BCUT2D eigenvalue weighted by Crippen LogP contribution is -2.42. The molecule has 0 amide bonds. The van der Waals surface area contributed by atoms with E-state index in [4.69, 9.17) is 5.11 Å². The number of carbonyl (C=O) groups is 1. The minimum absolute atomic E-state index is 0.0639. The van der Waals surface area contributed by atoms with Gasteiger partial charge in [0.15, 0.2) is 0 Å². The van der Waals surface area contributed by atoms with Gasteiger partial charge in [-0.15, -0.1) is 0 Å². The number of aliphatic hydroxyl groups is 1. The smallest absolute Gasteiger partial charge is 0.305 e. The maximum atomic E-state index is 11.0. The van der Waals surface area contributed by atoms with Crippen molar-refractivity contribution in [2.75, 3.05) is 0 Å². The van der Waals surface area contributed by atoms with Gasteiger partial charge in [0.1, 0.15) is 0 Å². The van der Waals surface area contributed by atoms with E-state index in [1.807, 2.05) is 31.2 Å². The summed E-state index contributed by atoms with van der Waals surface area (Å²) in [6.07, 6.45) is 3.64. The summed E-state index contributed by atoms with van der Waals surface area (Å²) in [5.41, 5.74) is 1.90. The Hall–Kier alpha value is -1.39. The number of nitrogens with one attached hydrogen (secondary N) is 1. The van der Waals surface area contributed by atoms with Crippen LogP contribution in [-0.4, -0.2) is 28.3 Å². The van der Waals surface area contributed by atoms with E-state index >= 15 is 0 Å². The lowest BCUT2D eigenvalue weighted by molar-refractivity contribution is -0.138. The minimum atomic E-state index is -0.883. The maximum absolute atomic E-state index is 11.0. The van der Waals surface area contributed by atoms with Crippen LogP contribution < -0.4 is 5.32 Å². The van der Waals surface area contributed by atoms with Crippen molar-refractivity contribution in [3.8, 4) is 0 Å². The molecule has 1 aliphatic rings. The molecule has 4 nitrogen and oxygen atoms in total. The van der Waals surface area contributed by atoms with Crippen LogP contribution >= 0.6 is 0 Å². The van der Waals surface area contributed by atoms with Crippen LogP contribution in [0.2, 0.25) is 0 Å². The maximum Gasteiger partial charge on any atom is 0.305 e. The summed E-state index contributed by atoms with van der Waals surface area (Å²) in [5.74, 6) is -0.883. The number of rotatable bonds is 6. The first-order valence-electron chi connectivity index (χ1n) is 7.28. The second-order valence-electron chi connectivity index (χ2n) is 5.71. The van der Waals surface area contributed by atoms with E-state index in [9.17, 15) is 9.90 Å². The van der Waals surface area contributed by atoms with Crippen LogP contribution in [0.3, 0.4) is 0 Å². The van der Waals surface area contributed by atoms with Crippen molar-refractivity contribution < 1.29 is 15.0 Å². The molecular formula is C16H23NO3. The van der Waals surface area contributed by atoms with Gasteiger partial charge in [-0.3, -0.25) is 4.79 Å². The zero-order valence-corrected chi connectivity index (χ0v) is 11.9. The van der Waals surface area contributed by atoms with Crippen LogP contribution in [-0.2, 0) is 4.79 Å². The third-order valence-corrected chi connectivity index (χ3v) is 4.00. The summed E-state index contributed by atoms with van der Waals surface area (Å²) in [4.78, 5) is 11.0. The fourth-order valence-corrected chi connectivity index (χ4v) is 2.84. The third-order valence-electron chi connectivity index (χ3n) is 4.00. The molecule has 1 aliphatic carbocycles. The fourth-order valence-electron chi connectivity index (χ4n) is 2.84. The van der Waals surface area contributed by atoms with Gasteiger partial charge in [-0.05, 0) is 25.3 Å². The number of hydrogen-bond acceptors (Lipinski definition) is 3. The molecular weight excluding hydrogens is 254 g/mol. The Bertz CT molecular complexity index is 438. The zero-order chi connectivity index (χ0) is 14.5. The first-order chi connectivity index (χ1) is 9.56. The lowest BCUT2D eigenvalue weighted by Gasteiger charge is -2.26. The van der Waals surface area contributed by atoms with E-state index in [-0.39, 0.29) is 6.42 Å². The van der Waals surface area contributed by atoms with Gasteiger partial charge in [0.05, 0.1) is 12.5 Å². The fraction of sp³-hybridized carbons (Fsp3) is 0.562. The van der Waals surface area contributed by atoms with Crippen LogP contribution in [0, 0.1) is 6.92 Å². The molecule has 0 saturated heterocycles. The number of hydrogen-bond donors (Lipinski definition) is 3. The molecule has 1 aromatic carbocycles. The Morgan fingerprint density at radius 1 is 1.30 bits per heavy atom. The topological polar surface area (TPSA) is 69.6 Å². The SMILES string of the molecule is Cc1ccc(C(O)C(CC(=O)O)NC2CCCC2)cc1. The average molecular weight is 277 g/mol. The molecule has 0 bridgehead atoms. The van der Waals surface area contributed by atoms with E-state index in [0.717, 1.165) is 24.0 Å². The Morgan fingerprint density at radius 3 is 2.45 bits per heavy atom. The Balaban J connectivity index is 2.07. The predicted molar refractivity (Wildman–Crippen MR) is 77.6 cm³/mol. The monoisotopic (exact) mass is 277 g/mol. The molecule has 0 spiro atoms. The molecule has 2 atom stereocenters. The third kappa shape index (κ3) is 4.05. The van der Waals surface area contributed by atoms with E-state index in [0.29, 0.717) is 6.04 Å². The van der Waals surface area contributed by atoms with Gasteiger partial charge in [-0.2, -0.15) is 0 Å². The second-order valence-corrected chi connectivity index (χ2v) is 5.71. The molecule has 2 rings (SSSR count). The molecule has 4 heteroatoms. The number of aryl methyl sites for hydroxylation is 1. The van der Waals surface area contributed by atoms with Crippen LogP contribution in [0.5, 0.6) is 0 Å². The highest BCUT2D eigenvalue weighted by molar-refractivity contribution is 5.67. The van der Waals surface area contributed by atoms with Crippen LogP contribution in [0.4, 0.5) is 0 Å². The van der Waals surface area contributed by atoms with Crippen molar-refractivity contribution >= 4 is 5.97 Å². The molecule has 1 saturated carbocycles. The van der Waals surface area contributed by atoms with Crippen molar-refractivity contribution in [1.82, 2.24) is 5.32 Å². The largest absolute Gasteiger partial charge is 0.481 e. The van der Waals surface area contributed by atoms with E-state index < -0.39 is 18.1 Å². The number of benzene rings is 1. The van der Waals surface area contributed by atoms with Crippen molar-refractivity contribution in [2.45, 2.75) is 57.2 Å². The molecule has 0 radical (unpaired) electrons. The van der Waals surface area contributed by atoms with Crippen molar-refractivity contribution in [3.05, 3.63) is 35.4 Å². The first kappa shape index (κ1) is 15.0. The molecule has 1 fully saturated rings. The predicted octanol–water partition coefficient (Wildman–Crippen LogP) is 2.40. The molecule has 0 aromatic heterocycles. The number of aliphatic carboxylic acids is 1. The number of aliphatic hydroxyl groups excluding tert-OH is 1. The molecule has 0 heterocycles. The molecule has 0 aliphatic heterocycles. The highest BCUT2D eigenvalue weighted by atomic mass is 16.4. The highest BCUT2D eigenvalue weighted by Crippen LogP contribution is 2.24. The van der Waals surface area contributed by atoms with Gasteiger partial charge in [0.25, 0.3) is 0 Å². The van der Waals surface area contributed by atoms with Crippen molar-refractivity contribution in [1.29, 1.82) is 0 Å². The van der Waals surface area contributed by atoms with Gasteiger partial charge in [0.2, 0.25) is 0 Å². The molecule has 20 heavy (non-hydrogen) atoms. The van der Waals surface area contributed by atoms with E-state index in [1.54, 1.807) is 0 Å². The molecule has 2 unspecified atom stereocenters. The Kier molecular flexibility index (Phi) is 5.15. The quantitative estimate of drug-likeness (QED) is 0.747. The zero-order valence-electron chi connectivity index (χ0n) is 11.9. The number of carboxylic acid groups (broad SMARTS) is 1. The lowest BCUT2D eigenvalue weighted by atomic mass is 9.97. The Morgan fingerprint density at radius 2 is 1.90 bits per heavy atom. The summed E-state index contributed by atoms with van der Waals surface area (Å²) in [7, 11) is 0. The molecule has 1 aromatic rings. The first-order valence-corrected chi connectivity index (χ1v) is 7.28. The van der Waals surface area contributed by atoms with Crippen LogP contribution in [0.1, 0.15) is 49.3 Å². The second kappa shape index (κ2) is 6.86. The molecule has 3 N–H and O–H groups in total. The Labute approximate surface area is 119 Å². The normalized spacial score (nSPS) is 18.9.